The highest BCUT2D eigenvalue weighted by molar-refractivity contribution is 9.10. The predicted octanol–water partition coefficient (Wildman–Crippen LogP) is 5.47. The largest absolute Gasteiger partial charge is 0.228 e. The van der Waals surface area contributed by atoms with Gasteiger partial charge in [0.1, 0.15) is 11.0 Å². The van der Waals surface area contributed by atoms with Gasteiger partial charge in [0.2, 0.25) is 0 Å². The molecule has 106 valence electrons. The molecular weight excluding hydrogens is 355 g/mol. The maximum atomic E-state index is 13.7. The van der Waals surface area contributed by atoms with Crippen molar-refractivity contribution in [2.24, 2.45) is 0 Å². The van der Waals surface area contributed by atoms with Gasteiger partial charge in [0.15, 0.2) is 5.82 Å². The van der Waals surface area contributed by atoms with Gasteiger partial charge in [-0.1, -0.05) is 29.8 Å². The zero-order valence-corrected chi connectivity index (χ0v) is 13.8. The van der Waals surface area contributed by atoms with Crippen LogP contribution in [-0.2, 0) is 0 Å². The maximum absolute atomic E-state index is 13.7. The Labute approximate surface area is 135 Å². The number of rotatable bonds is 1. The van der Waals surface area contributed by atoms with E-state index in [0.29, 0.717) is 22.1 Å². The summed E-state index contributed by atoms with van der Waals surface area (Å²) in [5.41, 5.74) is 2.96. The van der Waals surface area contributed by atoms with Crippen LogP contribution >= 0.6 is 27.5 Å². The topological polar surface area (TPSA) is 25.8 Å². The van der Waals surface area contributed by atoms with Gasteiger partial charge < -0.3 is 0 Å². The average molecular weight is 366 g/mol. The van der Waals surface area contributed by atoms with Crippen LogP contribution in [0.15, 0.2) is 34.8 Å². The fourth-order valence-electron chi connectivity index (χ4n) is 2.15. The molecule has 2 nitrogen and oxygen atoms in total. The third-order valence-corrected chi connectivity index (χ3v) is 4.32. The van der Waals surface area contributed by atoms with Crippen molar-refractivity contribution in [1.29, 1.82) is 0 Å². The molecule has 0 spiro atoms. The molecule has 0 unspecified atom stereocenters. The summed E-state index contributed by atoms with van der Waals surface area (Å²) in [6, 6.07) is 8.80. The highest BCUT2D eigenvalue weighted by Crippen LogP contribution is 2.32. The Balaban J connectivity index is 2.30. The molecule has 0 atom stereocenters. The first-order chi connectivity index (χ1) is 9.97. The molecule has 0 radical (unpaired) electrons. The van der Waals surface area contributed by atoms with Gasteiger partial charge in [-0.3, -0.25) is 0 Å². The Bertz CT molecular complexity index is 865. The minimum atomic E-state index is -0.279. The minimum absolute atomic E-state index is 0.279. The van der Waals surface area contributed by atoms with Crippen LogP contribution in [0.25, 0.3) is 22.3 Å². The number of benzene rings is 2. The Hall–Kier alpha value is -1.52. The van der Waals surface area contributed by atoms with Gasteiger partial charge in [0.05, 0.1) is 10.9 Å². The number of halogens is 3. The monoisotopic (exact) mass is 364 g/mol. The quantitative estimate of drug-likeness (QED) is 0.534. The van der Waals surface area contributed by atoms with E-state index in [2.05, 4.69) is 25.9 Å². The molecule has 0 aliphatic heterocycles. The van der Waals surface area contributed by atoms with E-state index in [0.717, 1.165) is 20.9 Å². The average Bonchev–Trinajstić information content (AvgIpc) is 2.45. The van der Waals surface area contributed by atoms with Gasteiger partial charge in [0.25, 0.3) is 0 Å². The molecular formula is C16H11BrClFN2. The standard InChI is InChI=1S/C16H11BrClFN2/c1-8-3-5-10(7-12(8)19)16-20-14-9(2)4-6-11(17)13(14)15(18)21-16/h3-7H,1-2H3. The van der Waals surface area contributed by atoms with Crippen LogP contribution in [0.4, 0.5) is 4.39 Å². The molecule has 21 heavy (non-hydrogen) atoms. The molecule has 0 fully saturated rings. The zero-order valence-electron chi connectivity index (χ0n) is 11.4. The minimum Gasteiger partial charge on any atom is -0.228 e. The van der Waals surface area contributed by atoms with E-state index in [1.165, 1.54) is 6.07 Å². The summed E-state index contributed by atoms with van der Waals surface area (Å²) in [7, 11) is 0. The van der Waals surface area contributed by atoms with Gasteiger partial charge in [-0.05, 0) is 53.0 Å². The second-order valence-electron chi connectivity index (χ2n) is 4.89. The van der Waals surface area contributed by atoms with Crippen molar-refractivity contribution in [3.05, 3.63) is 56.9 Å². The van der Waals surface area contributed by atoms with Crippen molar-refractivity contribution in [3.63, 3.8) is 0 Å². The van der Waals surface area contributed by atoms with Gasteiger partial charge in [-0.2, -0.15) is 0 Å². The summed E-state index contributed by atoms with van der Waals surface area (Å²) in [6.45, 7) is 3.67. The normalized spacial score (nSPS) is 11.1. The van der Waals surface area contributed by atoms with Crippen molar-refractivity contribution >= 4 is 38.4 Å². The van der Waals surface area contributed by atoms with Crippen molar-refractivity contribution in [2.75, 3.05) is 0 Å². The molecule has 0 saturated carbocycles. The molecule has 0 aliphatic rings. The van der Waals surface area contributed by atoms with Crippen LogP contribution < -0.4 is 0 Å². The lowest BCUT2D eigenvalue weighted by Crippen LogP contribution is -1.95. The lowest BCUT2D eigenvalue weighted by molar-refractivity contribution is 0.619. The second kappa shape index (κ2) is 5.35. The van der Waals surface area contributed by atoms with Crippen LogP contribution in [0.2, 0.25) is 5.15 Å². The maximum Gasteiger partial charge on any atom is 0.161 e. The fraction of sp³-hybridized carbons (Fsp3) is 0.125. The summed E-state index contributed by atoms with van der Waals surface area (Å²) >= 11 is 9.74. The van der Waals surface area contributed by atoms with Crippen LogP contribution in [0.3, 0.4) is 0 Å². The Morgan fingerprint density at radius 3 is 2.48 bits per heavy atom. The third kappa shape index (κ3) is 2.54. The molecule has 0 saturated heterocycles. The van der Waals surface area contributed by atoms with Gasteiger partial charge in [0, 0.05) is 10.0 Å². The summed E-state index contributed by atoms with van der Waals surface area (Å²) in [5.74, 6) is 0.144. The lowest BCUT2D eigenvalue weighted by atomic mass is 10.1. The number of aromatic nitrogens is 2. The molecule has 0 bridgehead atoms. The molecule has 0 aliphatic carbocycles. The number of nitrogens with zero attached hydrogens (tertiary/aromatic N) is 2. The first-order valence-corrected chi connectivity index (χ1v) is 7.53. The molecule has 2 aromatic carbocycles. The smallest absolute Gasteiger partial charge is 0.161 e. The number of hydrogen-bond acceptors (Lipinski definition) is 2. The van der Waals surface area contributed by atoms with Gasteiger partial charge >= 0.3 is 0 Å². The first-order valence-electron chi connectivity index (χ1n) is 6.36. The first kappa shape index (κ1) is 14.4. The molecule has 0 N–H and O–H groups in total. The number of fused-ring (bicyclic) bond motifs is 1. The third-order valence-electron chi connectivity index (χ3n) is 3.39. The Kier molecular flexibility index (Phi) is 3.68. The number of hydrogen-bond donors (Lipinski definition) is 0. The van der Waals surface area contributed by atoms with Gasteiger partial charge in [-0.25, -0.2) is 14.4 Å². The van der Waals surface area contributed by atoms with E-state index in [1.54, 1.807) is 19.1 Å². The Morgan fingerprint density at radius 2 is 1.76 bits per heavy atom. The molecule has 3 aromatic rings. The van der Waals surface area contributed by atoms with Crippen molar-refractivity contribution in [2.45, 2.75) is 13.8 Å². The fourth-order valence-corrected chi connectivity index (χ4v) is 3.05. The molecule has 5 heteroatoms. The van der Waals surface area contributed by atoms with E-state index < -0.39 is 0 Å². The van der Waals surface area contributed by atoms with E-state index in [1.807, 2.05) is 19.1 Å². The second-order valence-corrected chi connectivity index (χ2v) is 6.10. The Morgan fingerprint density at radius 1 is 1.05 bits per heavy atom. The van der Waals surface area contributed by atoms with Crippen LogP contribution in [-0.4, -0.2) is 9.97 Å². The number of aryl methyl sites for hydroxylation is 2. The van der Waals surface area contributed by atoms with Crippen molar-refractivity contribution in [3.8, 4) is 11.4 Å². The van der Waals surface area contributed by atoms with Crippen molar-refractivity contribution in [1.82, 2.24) is 9.97 Å². The molecule has 1 aromatic heterocycles. The van der Waals surface area contributed by atoms with Crippen LogP contribution in [0, 0.1) is 19.7 Å². The van der Waals surface area contributed by atoms with E-state index >= 15 is 0 Å². The van der Waals surface area contributed by atoms with E-state index in [-0.39, 0.29) is 5.82 Å². The summed E-state index contributed by atoms with van der Waals surface area (Å²) in [6.07, 6.45) is 0. The summed E-state index contributed by atoms with van der Waals surface area (Å²) in [4.78, 5) is 8.85. The molecule has 1 heterocycles. The molecule has 0 amide bonds. The zero-order chi connectivity index (χ0) is 15.1. The van der Waals surface area contributed by atoms with Gasteiger partial charge in [-0.15, -0.1) is 0 Å². The lowest BCUT2D eigenvalue weighted by Gasteiger charge is -2.09. The van der Waals surface area contributed by atoms with Crippen LogP contribution in [0.1, 0.15) is 11.1 Å². The SMILES string of the molecule is Cc1ccc(-c2nc(Cl)c3c(Br)ccc(C)c3n2)cc1F. The van der Waals surface area contributed by atoms with Crippen molar-refractivity contribution < 1.29 is 4.39 Å². The van der Waals surface area contributed by atoms with E-state index in [9.17, 15) is 4.39 Å². The highest BCUT2D eigenvalue weighted by atomic mass is 79.9. The summed E-state index contributed by atoms with van der Waals surface area (Å²) in [5, 5.41) is 1.12. The molecule has 3 rings (SSSR count). The predicted molar refractivity (Wildman–Crippen MR) is 87.1 cm³/mol. The van der Waals surface area contributed by atoms with E-state index in [4.69, 9.17) is 11.6 Å². The van der Waals surface area contributed by atoms with Crippen LogP contribution in [0.5, 0.6) is 0 Å². The highest BCUT2D eigenvalue weighted by Gasteiger charge is 2.13. The summed E-state index contributed by atoms with van der Waals surface area (Å²) < 4.78 is 14.6.